The number of rotatable bonds is 2. The van der Waals surface area contributed by atoms with Crippen molar-refractivity contribution in [1.82, 2.24) is 4.90 Å². The summed E-state index contributed by atoms with van der Waals surface area (Å²) in [6.45, 7) is 5.33. The van der Waals surface area contributed by atoms with Gasteiger partial charge in [0.05, 0.1) is 25.9 Å². The van der Waals surface area contributed by atoms with Gasteiger partial charge in [0.25, 0.3) is 0 Å². The smallest absolute Gasteiger partial charge is 0.0936 e. The van der Waals surface area contributed by atoms with E-state index in [4.69, 9.17) is 15.2 Å². The molecule has 2 heterocycles. The highest BCUT2D eigenvalue weighted by Gasteiger charge is 2.23. The van der Waals surface area contributed by atoms with E-state index >= 15 is 0 Å². The van der Waals surface area contributed by atoms with Gasteiger partial charge in [0.2, 0.25) is 0 Å². The first-order chi connectivity index (χ1) is 6.34. The van der Waals surface area contributed by atoms with Crippen LogP contribution in [0.1, 0.15) is 6.42 Å². The molecule has 0 spiro atoms. The van der Waals surface area contributed by atoms with Crippen molar-refractivity contribution in [1.29, 1.82) is 0 Å². The Balaban J connectivity index is 1.71. The van der Waals surface area contributed by atoms with Crippen LogP contribution in [0.15, 0.2) is 0 Å². The molecule has 2 saturated heterocycles. The van der Waals surface area contributed by atoms with E-state index < -0.39 is 0 Å². The van der Waals surface area contributed by atoms with Crippen LogP contribution in [0.5, 0.6) is 0 Å². The van der Waals surface area contributed by atoms with Crippen LogP contribution >= 0.6 is 0 Å². The summed E-state index contributed by atoms with van der Waals surface area (Å²) in [5, 5.41) is 0. The highest BCUT2D eigenvalue weighted by molar-refractivity contribution is 4.80. The quantitative estimate of drug-likeness (QED) is 0.627. The number of nitrogens with two attached hydrogens (primary N) is 1. The zero-order chi connectivity index (χ0) is 9.10. The molecule has 2 aliphatic rings. The molecule has 2 aliphatic heterocycles. The summed E-state index contributed by atoms with van der Waals surface area (Å²) >= 11 is 0. The summed E-state index contributed by atoms with van der Waals surface area (Å²) in [4.78, 5) is 2.37. The van der Waals surface area contributed by atoms with E-state index in [1.807, 2.05) is 0 Å². The van der Waals surface area contributed by atoms with Gasteiger partial charge in [-0.1, -0.05) is 0 Å². The Bertz CT molecular complexity index is 157. The summed E-state index contributed by atoms with van der Waals surface area (Å²) in [7, 11) is 0. The van der Waals surface area contributed by atoms with E-state index in [0.717, 1.165) is 45.9 Å². The largest absolute Gasteiger partial charge is 0.376 e. The lowest BCUT2D eigenvalue weighted by Crippen LogP contribution is -2.39. The molecule has 0 amide bonds. The number of hydrogen-bond donors (Lipinski definition) is 1. The summed E-state index contributed by atoms with van der Waals surface area (Å²) in [5.74, 6) is 0. The van der Waals surface area contributed by atoms with Gasteiger partial charge in [0.15, 0.2) is 0 Å². The van der Waals surface area contributed by atoms with Gasteiger partial charge in [0, 0.05) is 19.1 Å². The molecule has 0 aliphatic carbocycles. The van der Waals surface area contributed by atoms with Crippen molar-refractivity contribution < 1.29 is 9.47 Å². The first-order valence-electron chi connectivity index (χ1n) is 5.02. The molecule has 2 N–H and O–H groups in total. The van der Waals surface area contributed by atoms with Gasteiger partial charge in [-0.15, -0.1) is 0 Å². The number of ether oxygens (including phenoxy) is 2. The summed E-state index contributed by atoms with van der Waals surface area (Å²) in [5.41, 5.74) is 5.82. The molecule has 0 aromatic carbocycles. The summed E-state index contributed by atoms with van der Waals surface area (Å²) < 4.78 is 10.9. The average Bonchev–Trinajstić information content (AvgIpc) is 2.53. The monoisotopic (exact) mass is 186 g/mol. The lowest BCUT2D eigenvalue weighted by Gasteiger charge is -2.27. The molecule has 4 nitrogen and oxygen atoms in total. The van der Waals surface area contributed by atoms with E-state index in [9.17, 15) is 0 Å². The third-order valence-electron chi connectivity index (χ3n) is 2.66. The van der Waals surface area contributed by atoms with E-state index in [-0.39, 0.29) is 6.10 Å². The minimum absolute atomic E-state index is 0.263. The minimum atomic E-state index is 0.263. The third kappa shape index (κ3) is 2.64. The minimum Gasteiger partial charge on any atom is -0.376 e. The Labute approximate surface area is 79.0 Å². The van der Waals surface area contributed by atoms with Gasteiger partial charge >= 0.3 is 0 Å². The Morgan fingerprint density at radius 1 is 1.38 bits per heavy atom. The molecule has 0 aromatic heterocycles. The molecule has 0 aromatic rings. The fraction of sp³-hybridized carbons (Fsp3) is 1.00. The maximum Gasteiger partial charge on any atom is 0.0936 e. The van der Waals surface area contributed by atoms with Crippen molar-refractivity contribution in [3.63, 3.8) is 0 Å². The predicted octanol–water partition coefficient (Wildman–Crippen LogP) is -0.565. The Kier molecular flexibility index (Phi) is 3.16. The first kappa shape index (κ1) is 9.40. The average molecular weight is 186 g/mol. The van der Waals surface area contributed by atoms with Crippen LogP contribution in [0.25, 0.3) is 0 Å². The SMILES string of the molecule is NC1CCN(CC2COCCO2)C1. The predicted molar refractivity (Wildman–Crippen MR) is 49.6 cm³/mol. The second kappa shape index (κ2) is 4.37. The molecule has 13 heavy (non-hydrogen) atoms. The highest BCUT2D eigenvalue weighted by atomic mass is 16.6. The Morgan fingerprint density at radius 3 is 2.92 bits per heavy atom. The molecular formula is C9H18N2O2. The van der Waals surface area contributed by atoms with Crippen molar-refractivity contribution in [3.05, 3.63) is 0 Å². The van der Waals surface area contributed by atoms with E-state index in [2.05, 4.69) is 4.90 Å². The fourth-order valence-electron chi connectivity index (χ4n) is 1.96. The number of hydrogen-bond acceptors (Lipinski definition) is 4. The van der Waals surface area contributed by atoms with Crippen molar-refractivity contribution >= 4 is 0 Å². The Hall–Kier alpha value is -0.160. The van der Waals surface area contributed by atoms with Crippen molar-refractivity contribution in [2.45, 2.75) is 18.6 Å². The van der Waals surface area contributed by atoms with E-state index in [0.29, 0.717) is 6.04 Å². The van der Waals surface area contributed by atoms with Crippen LogP contribution in [0.2, 0.25) is 0 Å². The van der Waals surface area contributed by atoms with Gasteiger partial charge in [-0.3, -0.25) is 4.90 Å². The lowest BCUT2D eigenvalue weighted by atomic mass is 10.3. The van der Waals surface area contributed by atoms with Gasteiger partial charge < -0.3 is 15.2 Å². The molecular weight excluding hydrogens is 168 g/mol. The van der Waals surface area contributed by atoms with Crippen LogP contribution in [-0.4, -0.2) is 56.5 Å². The number of likely N-dealkylation sites (tertiary alicyclic amines) is 1. The Morgan fingerprint density at radius 2 is 2.31 bits per heavy atom. The van der Waals surface area contributed by atoms with Crippen LogP contribution in [-0.2, 0) is 9.47 Å². The van der Waals surface area contributed by atoms with E-state index in [1.54, 1.807) is 0 Å². The second-order valence-corrected chi connectivity index (χ2v) is 3.88. The maximum atomic E-state index is 5.82. The van der Waals surface area contributed by atoms with Crippen molar-refractivity contribution in [3.8, 4) is 0 Å². The van der Waals surface area contributed by atoms with E-state index in [1.165, 1.54) is 0 Å². The third-order valence-corrected chi connectivity index (χ3v) is 2.66. The van der Waals surface area contributed by atoms with Crippen LogP contribution in [0.4, 0.5) is 0 Å². The topological polar surface area (TPSA) is 47.7 Å². The molecule has 0 radical (unpaired) electrons. The number of nitrogens with zero attached hydrogens (tertiary/aromatic N) is 1. The van der Waals surface area contributed by atoms with Crippen molar-refractivity contribution in [2.24, 2.45) is 5.73 Å². The second-order valence-electron chi connectivity index (χ2n) is 3.88. The molecule has 2 unspecified atom stereocenters. The molecule has 2 fully saturated rings. The van der Waals surface area contributed by atoms with Crippen LogP contribution in [0.3, 0.4) is 0 Å². The normalized spacial score (nSPS) is 36.7. The first-order valence-corrected chi connectivity index (χ1v) is 5.02. The highest BCUT2D eigenvalue weighted by Crippen LogP contribution is 2.10. The van der Waals surface area contributed by atoms with Gasteiger partial charge in [-0.05, 0) is 13.0 Å². The van der Waals surface area contributed by atoms with Crippen molar-refractivity contribution in [2.75, 3.05) is 39.5 Å². The molecule has 4 heteroatoms. The maximum absolute atomic E-state index is 5.82. The molecule has 2 atom stereocenters. The zero-order valence-electron chi connectivity index (χ0n) is 7.95. The molecule has 0 bridgehead atoms. The lowest BCUT2D eigenvalue weighted by molar-refractivity contribution is -0.0960. The van der Waals surface area contributed by atoms with Gasteiger partial charge in [-0.25, -0.2) is 0 Å². The van der Waals surface area contributed by atoms with Gasteiger partial charge in [0.1, 0.15) is 0 Å². The van der Waals surface area contributed by atoms with Crippen LogP contribution in [0, 0.1) is 0 Å². The van der Waals surface area contributed by atoms with Gasteiger partial charge in [-0.2, -0.15) is 0 Å². The summed E-state index contributed by atoms with van der Waals surface area (Å²) in [6, 6.07) is 0.365. The zero-order valence-corrected chi connectivity index (χ0v) is 7.95. The van der Waals surface area contributed by atoms with Crippen LogP contribution < -0.4 is 5.73 Å². The molecule has 0 saturated carbocycles. The molecule has 2 rings (SSSR count). The molecule has 76 valence electrons. The summed E-state index contributed by atoms with van der Waals surface area (Å²) in [6.07, 6.45) is 1.38. The fourth-order valence-corrected chi connectivity index (χ4v) is 1.96. The standard InChI is InChI=1S/C9H18N2O2/c10-8-1-2-11(5-8)6-9-7-12-3-4-13-9/h8-9H,1-7,10H2.